The molecule has 2 rings (SSSR count). The first-order valence-electron chi connectivity index (χ1n) is 10.0. The van der Waals surface area contributed by atoms with Crippen LogP contribution < -0.4 is 15.4 Å². The van der Waals surface area contributed by atoms with Crippen LogP contribution in [0.1, 0.15) is 52.0 Å². The van der Waals surface area contributed by atoms with E-state index < -0.39 is 0 Å². The van der Waals surface area contributed by atoms with Gasteiger partial charge in [-0.05, 0) is 71.1 Å². The second kappa shape index (κ2) is 11.1. The van der Waals surface area contributed by atoms with Gasteiger partial charge in [0.05, 0.1) is 6.10 Å². The summed E-state index contributed by atoms with van der Waals surface area (Å²) >= 11 is 0. The van der Waals surface area contributed by atoms with Gasteiger partial charge in [-0.3, -0.25) is 0 Å². The van der Waals surface area contributed by atoms with Gasteiger partial charge in [0, 0.05) is 18.7 Å². The van der Waals surface area contributed by atoms with Gasteiger partial charge in [0.25, 0.3) is 0 Å². The van der Waals surface area contributed by atoms with E-state index in [0.717, 1.165) is 43.2 Å². The molecule has 0 unspecified atom stereocenters. The predicted octanol–water partition coefficient (Wildman–Crippen LogP) is 3.79. The van der Waals surface area contributed by atoms with Gasteiger partial charge < -0.3 is 20.3 Å². The molecule has 1 aliphatic rings. The van der Waals surface area contributed by atoms with Crippen molar-refractivity contribution >= 4 is 6.03 Å². The summed E-state index contributed by atoms with van der Waals surface area (Å²) in [5.74, 6) is 1.71. The van der Waals surface area contributed by atoms with Gasteiger partial charge in [-0.1, -0.05) is 25.1 Å². The maximum atomic E-state index is 12.0. The molecule has 1 aromatic rings. The molecule has 5 heteroatoms. The molecule has 0 saturated carbocycles. The minimum atomic E-state index is -0.115. The van der Waals surface area contributed by atoms with Crippen molar-refractivity contribution in [2.24, 2.45) is 5.92 Å². The third kappa shape index (κ3) is 7.65. The van der Waals surface area contributed by atoms with Crippen LogP contribution in [0.25, 0.3) is 0 Å². The number of urea groups is 1. The smallest absolute Gasteiger partial charge is 0.315 e. The number of amides is 2. The van der Waals surface area contributed by atoms with Crippen LogP contribution in [0.4, 0.5) is 4.79 Å². The molecular weight excluding hydrogens is 326 g/mol. The van der Waals surface area contributed by atoms with Crippen molar-refractivity contribution in [2.45, 2.75) is 59.1 Å². The molecule has 5 nitrogen and oxygen atoms in total. The molecule has 1 saturated heterocycles. The molecule has 0 aromatic heterocycles. The van der Waals surface area contributed by atoms with Gasteiger partial charge >= 0.3 is 6.03 Å². The lowest BCUT2D eigenvalue weighted by atomic mass is 9.99. The number of likely N-dealkylation sites (tertiary alicyclic amines) is 1. The highest BCUT2D eigenvalue weighted by Gasteiger charge is 2.14. The third-order valence-electron chi connectivity index (χ3n) is 4.84. The van der Waals surface area contributed by atoms with E-state index >= 15 is 0 Å². The Kier molecular flexibility index (Phi) is 8.75. The van der Waals surface area contributed by atoms with Crippen LogP contribution in [0.2, 0.25) is 0 Å². The highest BCUT2D eigenvalue weighted by Crippen LogP contribution is 2.19. The molecule has 146 valence electrons. The van der Waals surface area contributed by atoms with Crippen molar-refractivity contribution in [3.63, 3.8) is 0 Å². The number of nitrogens with one attached hydrogen (secondary N) is 2. The molecule has 0 radical (unpaired) electrons. The van der Waals surface area contributed by atoms with E-state index in [-0.39, 0.29) is 12.1 Å². The number of unbranched alkanes of at least 4 members (excludes halogenated alkanes) is 1. The largest absolute Gasteiger partial charge is 0.491 e. The molecule has 0 atom stereocenters. The maximum absolute atomic E-state index is 12.0. The summed E-state index contributed by atoms with van der Waals surface area (Å²) in [5, 5.41) is 5.87. The second-order valence-corrected chi connectivity index (χ2v) is 7.62. The Hall–Kier alpha value is -1.75. The first kappa shape index (κ1) is 20.6. The third-order valence-corrected chi connectivity index (χ3v) is 4.84. The second-order valence-electron chi connectivity index (χ2n) is 7.62. The fourth-order valence-corrected chi connectivity index (χ4v) is 3.20. The molecule has 26 heavy (non-hydrogen) atoms. The summed E-state index contributed by atoms with van der Waals surface area (Å²) < 4.78 is 5.78. The Morgan fingerprint density at radius 3 is 2.65 bits per heavy atom. The molecule has 1 fully saturated rings. The molecule has 1 heterocycles. The Morgan fingerprint density at radius 1 is 1.19 bits per heavy atom. The van der Waals surface area contributed by atoms with Crippen molar-refractivity contribution in [2.75, 3.05) is 26.2 Å². The van der Waals surface area contributed by atoms with E-state index in [1.165, 1.54) is 25.9 Å². The zero-order chi connectivity index (χ0) is 18.8. The number of hydrogen-bond donors (Lipinski definition) is 2. The number of rotatable bonds is 9. The summed E-state index contributed by atoms with van der Waals surface area (Å²) in [6.45, 7) is 11.1. The van der Waals surface area contributed by atoms with E-state index in [2.05, 4.69) is 22.5 Å². The van der Waals surface area contributed by atoms with Crippen molar-refractivity contribution in [1.29, 1.82) is 0 Å². The minimum Gasteiger partial charge on any atom is -0.491 e. The Balaban J connectivity index is 1.58. The number of benzene rings is 1. The molecule has 0 spiro atoms. The molecule has 1 aromatic carbocycles. The average molecular weight is 362 g/mol. The highest BCUT2D eigenvalue weighted by molar-refractivity contribution is 5.73. The number of piperidine rings is 1. The molecule has 2 N–H and O–H groups in total. The van der Waals surface area contributed by atoms with E-state index in [0.29, 0.717) is 6.54 Å². The Labute approximate surface area is 158 Å². The van der Waals surface area contributed by atoms with Crippen LogP contribution >= 0.6 is 0 Å². The van der Waals surface area contributed by atoms with E-state index in [1.54, 1.807) is 0 Å². The van der Waals surface area contributed by atoms with Crippen LogP contribution in [0.5, 0.6) is 5.75 Å². The van der Waals surface area contributed by atoms with Gasteiger partial charge in [0.15, 0.2) is 0 Å². The topological polar surface area (TPSA) is 53.6 Å². The van der Waals surface area contributed by atoms with Crippen molar-refractivity contribution in [1.82, 2.24) is 15.5 Å². The van der Waals surface area contributed by atoms with E-state index in [9.17, 15) is 4.79 Å². The summed E-state index contributed by atoms with van der Waals surface area (Å²) in [4.78, 5) is 14.5. The normalized spacial score (nSPS) is 15.8. The number of carbonyl (C=O) groups excluding carboxylic acids is 1. The summed E-state index contributed by atoms with van der Waals surface area (Å²) in [7, 11) is 0. The lowest BCUT2D eigenvalue weighted by Crippen LogP contribution is -2.36. The van der Waals surface area contributed by atoms with E-state index in [4.69, 9.17) is 4.74 Å². The van der Waals surface area contributed by atoms with Crippen LogP contribution in [-0.4, -0.2) is 43.2 Å². The monoisotopic (exact) mass is 361 g/mol. The average Bonchev–Trinajstić information content (AvgIpc) is 2.62. The predicted molar refractivity (Wildman–Crippen MR) is 107 cm³/mol. The summed E-state index contributed by atoms with van der Waals surface area (Å²) in [6, 6.07) is 7.72. The minimum absolute atomic E-state index is 0.115. The molecule has 0 aliphatic carbocycles. The van der Waals surface area contributed by atoms with Crippen molar-refractivity contribution in [3.8, 4) is 5.75 Å². The number of nitrogens with zero attached hydrogens (tertiary/aromatic N) is 1. The molecule has 0 bridgehead atoms. The summed E-state index contributed by atoms with van der Waals surface area (Å²) in [5.41, 5.74) is 0.996. The molecular formula is C21H35N3O2. The standard InChI is InChI=1S/C21H35N3O2/c1-17(2)26-20-9-5-4-8-19(20)16-23-21(25)22-12-6-7-13-24-14-10-18(3)11-15-24/h4-5,8-9,17-18H,6-7,10-16H2,1-3H3,(H2,22,23,25). The Bertz CT molecular complexity index is 540. The zero-order valence-corrected chi connectivity index (χ0v) is 16.6. The fourth-order valence-electron chi connectivity index (χ4n) is 3.20. The highest BCUT2D eigenvalue weighted by atomic mass is 16.5. The lowest BCUT2D eigenvalue weighted by Gasteiger charge is -2.30. The van der Waals surface area contributed by atoms with Gasteiger partial charge in [-0.2, -0.15) is 0 Å². The number of ether oxygens (including phenoxy) is 1. The van der Waals surface area contributed by atoms with Gasteiger partial charge in [-0.15, -0.1) is 0 Å². The van der Waals surface area contributed by atoms with Crippen molar-refractivity contribution < 1.29 is 9.53 Å². The van der Waals surface area contributed by atoms with Crippen LogP contribution in [0.15, 0.2) is 24.3 Å². The number of para-hydroxylation sites is 1. The van der Waals surface area contributed by atoms with Crippen LogP contribution in [0, 0.1) is 5.92 Å². The lowest BCUT2D eigenvalue weighted by molar-refractivity contribution is 0.189. The first-order valence-corrected chi connectivity index (χ1v) is 10.0. The number of hydrogen-bond acceptors (Lipinski definition) is 3. The quantitative estimate of drug-likeness (QED) is 0.658. The maximum Gasteiger partial charge on any atom is 0.315 e. The van der Waals surface area contributed by atoms with Crippen LogP contribution in [-0.2, 0) is 6.54 Å². The SMILES string of the molecule is CC1CCN(CCCCNC(=O)NCc2ccccc2OC(C)C)CC1. The first-order chi connectivity index (χ1) is 12.5. The summed E-state index contributed by atoms with van der Waals surface area (Å²) in [6.07, 6.45) is 4.92. The van der Waals surface area contributed by atoms with Crippen LogP contribution in [0.3, 0.4) is 0 Å². The molecule has 2 amide bonds. The van der Waals surface area contributed by atoms with Gasteiger partial charge in [0.1, 0.15) is 5.75 Å². The fraction of sp³-hybridized carbons (Fsp3) is 0.667. The van der Waals surface area contributed by atoms with Gasteiger partial charge in [0.2, 0.25) is 0 Å². The number of carbonyl (C=O) groups is 1. The van der Waals surface area contributed by atoms with Gasteiger partial charge in [-0.25, -0.2) is 4.79 Å². The van der Waals surface area contributed by atoms with E-state index in [1.807, 2.05) is 38.1 Å². The van der Waals surface area contributed by atoms with Crippen molar-refractivity contribution in [3.05, 3.63) is 29.8 Å². The Morgan fingerprint density at radius 2 is 1.92 bits per heavy atom. The zero-order valence-electron chi connectivity index (χ0n) is 16.6. The molecule has 1 aliphatic heterocycles.